The molecule has 0 aliphatic carbocycles. The number of halogens is 1. The fourth-order valence-electron chi connectivity index (χ4n) is 2.34. The Morgan fingerprint density at radius 1 is 1.10 bits per heavy atom. The molecule has 1 atom stereocenters. The Hall–Kier alpha value is -1.35. The Morgan fingerprint density at radius 3 is 2.35 bits per heavy atom. The van der Waals surface area contributed by atoms with Gasteiger partial charge in [-0.15, -0.1) is 0 Å². The summed E-state index contributed by atoms with van der Waals surface area (Å²) in [4.78, 5) is 0. The average Bonchev–Trinajstić information content (AvgIpc) is 2.48. The first-order valence-electron chi connectivity index (χ1n) is 6.94. The molecule has 2 aromatic rings. The van der Waals surface area contributed by atoms with Crippen LogP contribution in [0.1, 0.15) is 35.2 Å². The van der Waals surface area contributed by atoms with Crippen molar-refractivity contribution < 1.29 is 0 Å². The van der Waals surface area contributed by atoms with E-state index in [1.807, 2.05) is 25.1 Å². The van der Waals surface area contributed by atoms with Crippen LogP contribution in [0.3, 0.4) is 0 Å². The first kappa shape index (κ1) is 15.0. The number of hydrogen-bond donors (Lipinski definition) is 2. The lowest BCUT2D eigenvalue weighted by atomic mass is 9.97. The Bertz CT molecular complexity index is 564. The van der Waals surface area contributed by atoms with Gasteiger partial charge in [-0.2, -0.15) is 0 Å². The van der Waals surface area contributed by atoms with E-state index in [9.17, 15) is 0 Å². The van der Waals surface area contributed by atoms with Crippen molar-refractivity contribution in [3.05, 3.63) is 69.7 Å². The summed E-state index contributed by atoms with van der Waals surface area (Å²) in [6, 6.07) is 14.7. The highest BCUT2D eigenvalue weighted by molar-refractivity contribution is 6.32. The third-order valence-electron chi connectivity index (χ3n) is 3.67. The quantitative estimate of drug-likeness (QED) is 0.646. The summed E-state index contributed by atoms with van der Waals surface area (Å²) in [5.41, 5.74) is 7.60. The van der Waals surface area contributed by atoms with E-state index in [1.165, 1.54) is 11.1 Å². The lowest BCUT2D eigenvalue weighted by molar-refractivity contribution is 0.552. The molecule has 0 aliphatic heterocycles. The van der Waals surface area contributed by atoms with Crippen LogP contribution in [0.4, 0.5) is 0 Å². The van der Waals surface area contributed by atoms with Crippen LogP contribution in [0.2, 0.25) is 5.02 Å². The summed E-state index contributed by atoms with van der Waals surface area (Å²) >= 11 is 6.39. The van der Waals surface area contributed by atoms with Gasteiger partial charge in [-0.1, -0.05) is 61.0 Å². The molecule has 1 unspecified atom stereocenters. The van der Waals surface area contributed by atoms with Gasteiger partial charge < -0.3 is 0 Å². The topological polar surface area (TPSA) is 38.0 Å². The predicted octanol–water partition coefficient (Wildman–Crippen LogP) is 3.96. The van der Waals surface area contributed by atoms with Crippen LogP contribution in [0.25, 0.3) is 0 Å². The minimum absolute atomic E-state index is 0.0230. The molecule has 0 spiro atoms. The highest BCUT2D eigenvalue weighted by Gasteiger charge is 2.14. The van der Waals surface area contributed by atoms with Gasteiger partial charge in [0.2, 0.25) is 0 Å². The Labute approximate surface area is 125 Å². The van der Waals surface area contributed by atoms with Crippen LogP contribution in [0, 0.1) is 6.92 Å². The molecule has 106 valence electrons. The molecule has 0 aromatic heterocycles. The highest BCUT2D eigenvalue weighted by Crippen LogP contribution is 2.28. The van der Waals surface area contributed by atoms with Crippen molar-refractivity contribution in [2.45, 2.75) is 32.7 Å². The number of hydrazine groups is 1. The molecule has 0 saturated carbocycles. The smallest absolute Gasteiger partial charge is 0.0515 e. The largest absolute Gasteiger partial charge is 0.271 e. The van der Waals surface area contributed by atoms with E-state index >= 15 is 0 Å². The zero-order chi connectivity index (χ0) is 14.5. The normalized spacial score (nSPS) is 12.4. The number of hydrogen-bond acceptors (Lipinski definition) is 2. The molecule has 0 aliphatic rings. The molecule has 2 rings (SSSR count). The molecular weight excluding hydrogens is 268 g/mol. The molecule has 0 amide bonds. The van der Waals surface area contributed by atoms with Crippen LogP contribution < -0.4 is 11.3 Å². The first-order valence-corrected chi connectivity index (χ1v) is 7.32. The number of rotatable bonds is 5. The molecule has 2 nitrogen and oxygen atoms in total. The molecule has 3 N–H and O–H groups in total. The van der Waals surface area contributed by atoms with Gasteiger partial charge in [0.05, 0.1) is 6.04 Å². The van der Waals surface area contributed by atoms with E-state index in [4.69, 9.17) is 17.4 Å². The van der Waals surface area contributed by atoms with Crippen molar-refractivity contribution in [3.63, 3.8) is 0 Å². The zero-order valence-electron chi connectivity index (χ0n) is 12.0. The maximum Gasteiger partial charge on any atom is 0.0515 e. The molecule has 2 aromatic carbocycles. The third kappa shape index (κ3) is 3.40. The van der Waals surface area contributed by atoms with E-state index < -0.39 is 0 Å². The molecule has 0 bridgehead atoms. The SMILES string of the molecule is CCc1ccc(CC(NN)c2cccc(C)c2Cl)cc1. The van der Waals surface area contributed by atoms with Crippen LogP contribution in [0.15, 0.2) is 42.5 Å². The molecule has 0 radical (unpaired) electrons. The van der Waals surface area contributed by atoms with Crippen molar-refractivity contribution in [2.75, 3.05) is 0 Å². The Morgan fingerprint density at radius 2 is 1.75 bits per heavy atom. The minimum atomic E-state index is 0.0230. The first-order chi connectivity index (χ1) is 9.65. The van der Waals surface area contributed by atoms with Crippen molar-refractivity contribution in [1.82, 2.24) is 5.43 Å². The summed E-state index contributed by atoms with van der Waals surface area (Å²) in [7, 11) is 0. The van der Waals surface area contributed by atoms with Gasteiger partial charge in [-0.25, -0.2) is 0 Å². The van der Waals surface area contributed by atoms with Crippen LogP contribution >= 0.6 is 11.6 Å². The number of aryl methyl sites for hydroxylation is 2. The monoisotopic (exact) mass is 288 g/mol. The fraction of sp³-hybridized carbons (Fsp3) is 0.294. The molecule has 0 saturated heterocycles. The van der Waals surface area contributed by atoms with E-state index in [0.29, 0.717) is 0 Å². The highest BCUT2D eigenvalue weighted by atomic mass is 35.5. The van der Waals surface area contributed by atoms with Gasteiger partial charge in [0.1, 0.15) is 0 Å². The van der Waals surface area contributed by atoms with Gasteiger partial charge in [0.15, 0.2) is 0 Å². The lowest BCUT2D eigenvalue weighted by Crippen LogP contribution is -2.29. The number of nitrogens with two attached hydrogens (primary N) is 1. The lowest BCUT2D eigenvalue weighted by Gasteiger charge is -2.19. The van der Waals surface area contributed by atoms with Gasteiger partial charge >= 0.3 is 0 Å². The Kier molecular flexibility index (Phi) is 5.18. The third-order valence-corrected chi connectivity index (χ3v) is 4.19. The van der Waals surface area contributed by atoms with E-state index in [0.717, 1.165) is 29.0 Å². The molecule has 0 heterocycles. The second kappa shape index (κ2) is 6.89. The van der Waals surface area contributed by atoms with E-state index in [-0.39, 0.29) is 6.04 Å². The summed E-state index contributed by atoms with van der Waals surface area (Å²) in [6.07, 6.45) is 1.88. The van der Waals surface area contributed by atoms with Gasteiger partial charge in [-0.3, -0.25) is 11.3 Å². The number of nitrogens with one attached hydrogen (secondary N) is 1. The standard InChI is InChI=1S/C17H21ClN2/c1-3-13-7-9-14(10-8-13)11-16(20-19)15-6-4-5-12(2)17(15)18/h4-10,16,20H,3,11,19H2,1-2H3. The Balaban J connectivity index is 2.21. The zero-order valence-corrected chi connectivity index (χ0v) is 12.7. The van der Waals surface area contributed by atoms with Gasteiger partial charge in [-0.05, 0) is 42.0 Å². The van der Waals surface area contributed by atoms with Crippen molar-refractivity contribution in [1.29, 1.82) is 0 Å². The summed E-state index contributed by atoms with van der Waals surface area (Å²) in [5, 5.41) is 0.792. The van der Waals surface area contributed by atoms with E-state index in [1.54, 1.807) is 0 Å². The van der Waals surface area contributed by atoms with Crippen molar-refractivity contribution >= 4 is 11.6 Å². The summed E-state index contributed by atoms with van der Waals surface area (Å²) in [6.45, 7) is 4.17. The van der Waals surface area contributed by atoms with Gasteiger partial charge in [0.25, 0.3) is 0 Å². The second-order valence-corrected chi connectivity index (χ2v) is 5.45. The molecular formula is C17H21ClN2. The van der Waals surface area contributed by atoms with Crippen LogP contribution in [-0.2, 0) is 12.8 Å². The van der Waals surface area contributed by atoms with E-state index in [2.05, 4.69) is 36.6 Å². The molecule has 20 heavy (non-hydrogen) atoms. The van der Waals surface area contributed by atoms with Gasteiger partial charge in [0, 0.05) is 5.02 Å². The molecule has 3 heteroatoms. The fourth-order valence-corrected chi connectivity index (χ4v) is 2.60. The van der Waals surface area contributed by atoms with Crippen molar-refractivity contribution in [2.24, 2.45) is 5.84 Å². The maximum atomic E-state index is 6.39. The maximum absolute atomic E-state index is 6.39. The summed E-state index contributed by atoms with van der Waals surface area (Å²) < 4.78 is 0. The number of benzene rings is 2. The average molecular weight is 289 g/mol. The second-order valence-electron chi connectivity index (χ2n) is 5.07. The minimum Gasteiger partial charge on any atom is -0.271 e. The summed E-state index contributed by atoms with van der Waals surface area (Å²) in [5.74, 6) is 5.72. The van der Waals surface area contributed by atoms with Crippen LogP contribution in [-0.4, -0.2) is 0 Å². The van der Waals surface area contributed by atoms with Crippen molar-refractivity contribution in [3.8, 4) is 0 Å². The predicted molar refractivity (Wildman–Crippen MR) is 85.8 cm³/mol. The van der Waals surface area contributed by atoms with Crippen LogP contribution in [0.5, 0.6) is 0 Å². The molecule has 0 fully saturated rings.